The molecule has 0 atom stereocenters. The predicted octanol–water partition coefficient (Wildman–Crippen LogP) is 6.04. The standard InChI is InChI=1S/6C3H6OS2.Cu.Pb.Zn/c6*1-2-4-3(5)6;;;/h6*2H2,1H3,(H,5,6);;;/q;;;;;;3*+2/p-6. The van der Waals surface area contributed by atoms with Gasteiger partial charge in [-0.3, -0.25) is 0 Å². The van der Waals surface area contributed by atoms with E-state index in [2.05, 4.69) is 118 Å². The van der Waals surface area contributed by atoms with Gasteiger partial charge in [0.1, 0.15) is 0 Å². The van der Waals surface area contributed by atoms with E-state index >= 15 is 0 Å². The average Bonchev–Trinajstić information content (AvgIpc) is 2.75. The van der Waals surface area contributed by atoms with Crippen molar-refractivity contribution < 1.29 is 65.0 Å². The van der Waals surface area contributed by atoms with Crippen LogP contribution >= 0.6 is 89.9 Å². The van der Waals surface area contributed by atoms with E-state index in [0.29, 0.717) is 48.4 Å². The van der Waals surface area contributed by atoms with Crippen molar-refractivity contribution in [2.24, 2.45) is 0 Å². The average molecular weight is 1060 g/mol. The van der Waals surface area contributed by atoms with Crippen LogP contribution in [0.25, 0.3) is 0 Å². The molecule has 0 saturated heterocycles. The SMILES string of the molecule is CCOC(=S)[S-].CCOC(=S)[S-].CCOC(=S)[S-].CCOC(=S)[S-].CCOC(=S)[S][Pb][S]C(=S)OCC.[Cu+2].[Zn+2]. The molecule has 0 amide bonds. The monoisotopic (exact) mass is 1060 g/mol. The number of thiocarbonyl (C=S) groups is 6. The molecule has 0 saturated carbocycles. The zero-order chi connectivity index (χ0) is 30.1. The summed E-state index contributed by atoms with van der Waals surface area (Å²) >= 11 is 44.1. The Bertz CT molecular complexity index is 545. The maximum atomic E-state index is 5.13. The second-order valence-electron chi connectivity index (χ2n) is 4.39. The molecular formula is C18H30CuO6PbS12Zn. The quantitative estimate of drug-likeness (QED) is 0.161. The molecule has 39 heavy (non-hydrogen) atoms. The molecule has 3 radical (unpaired) electrons. The van der Waals surface area contributed by atoms with Crippen LogP contribution in [-0.2, 0) is 115 Å². The van der Waals surface area contributed by atoms with Crippen LogP contribution in [0.4, 0.5) is 0 Å². The molecular weight excluding hydrogens is 1030 g/mol. The van der Waals surface area contributed by atoms with Crippen molar-refractivity contribution >= 4 is 188 Å². The third kappa shape index (κ3) is 85.5. The summed E-state index contributed by atoms with van der Waals surface area (Å²) in [6.45, 7) is 14.9. The summed E-state index contributed by atoms with van der Waals surface area (Å²) in [5.74, 6) is 0. The minimum absolute atomic E-state index is 0. The first-order chi connectivity index (χ1) is 17.3. The molecule has 0 spiro atoms. The Morgan fingerprint density at radius 2 is 0.667 bits per heavy atom. The third-order valence-corrected chi connectivity index (χ3v) is 18.3. The number of rotatable bonds is 8. The van der Waals surface area contributed by atoms with Crippen molar-refractivity contribution in [1.29, 1.82) is 0 Å². The molecule has 0 aliphatic carbocycles. The normalized spacial score (nSPS) is 7.74. The van der Waals surface area contributed by atoms with E-state index in [0.717, 1.165) is 0 Å². The predicted molar refractivity (Wildman–Crippen MR) is 196 cm³/mol. The summed E-state index contributed by atoms with van der Waals surface area (Å²) < 4.78 is 30.7. The van der Waals surface area contributed by atoms with Gasteiger partial charge in [0.05, 0.1) is 26.4 Å². The topological polar surface area (TPSA) is 55.4 Å². The van der Waals surface area contributed by atoms with E-state index in [1.54, 1.807) is 16.6 Å². The van der Waals surface area contributed by atoms with Gasteiger partial charge in [-0.1, -0.05) is 0 Å². The molecule has 0 unspecified atom stereocenters. The Morgan fingerprint density at radius 3 is 0.769 bits per heavy atom. The molecule has 227 valence electrons. The van der Waals surface area contributed by atoms with Crippen LogP contribution in [0.1, 0.15) is 41.5 Å². The van der Waals surface area contributed by atoms with Crippen LogP contribution in [-0.4, -0.2) is 87.2 Å². The van der Waals surface area contributed by atoms with Gasteiger partial charge in [-0.25, -0.2) is 0 Å². The summed E-state index contributed by atoms with van der Waals surface area (Å²) in [5.41, 5.74) is 0. The summed E-state index contributed by atoms with van der Waals surface area (Å²) in [4.78, 5) is 0. The fourth-order valence-electron chi connectivity index (χ4n) is 0.855. The van der Waals surface area contributed by atoms with Crippen molar-refractivity contribution in [3.63, 3.8) is 0 Å². The van der Waals surface area contributed by atoms with Gasteiger partial charge in [-0.15, -0.1) is 0 Å². The summed E-state index contributed by atoms with van der Waals surface area (Å²) in [5, 5.41) is 0. The second kappa shape index (κ2) is 50.6. The Morgan fingerprint density at radius 1 is 0.487 bits per heavy atom. The van der Waals surface area contributed by atoms with Gasteiger partial charge in [0, 0.05) is 17.5 Å². The fourth-order valence-corrected chi connectivity index (χ4v) is 16.1. The first-order valence-corrected chi connectivity index (χ1v) is 25.3. The zero-order valence-electron chi connectivity index (χ0n) is 22.1. The Balaban J connectivity index is -0.0000000683. The maximum absolute atomic E-state index is 5.13. The molecule has 0 aliphatic heterocycles. The number of ether oxygens (including phenoxy) is 6. The largest absolute Gasteiger partial charge is 2.00 e. The minimum atomic E-state index is -0.892. The van der Waals surface area contributed by atoms with Gasteiger partial charge in [0.2, 0.25) is 0 Å². The van der Waals surface area contributed by atoms with Crippen LogP contribution < -0.4 is 0 Å². The Labute approximate surface area is 329 Å². The van der Waals surface area contributed by atoms with E-state index < -0.39 is 21.2 Å². The third-order valence-electron chi connectivity index (χ3n) is 1.82. The van der Waals surface area contributed by atoms with Crippen molar-refractivity contribution in [2.75, 3.05) is 39.6 Å². The van der Waals surface area contributed by atoms with Crippen LogP contribution in [0.15, 0.2) is 0 Å². The summed E-state index contributed by atoms with van der Waals surface area (Å²) in [7, 11) is 3.31. The molecule has 0 aromatic heterocycles. The zero-order valence-corrected chi connectivity index (χ0v) is 39.7. The van der Waals surface area contributed by atoms with E-state index in [1.165, 1.54) is 0 Å². The molecule has 0 aliphatic rings. The molecule has 0 fully saturated rings. The van der Waals surface area contributed by atoms with Gasteiger partial charge >= 0.3 is 144 Å². The Hall–Kier alpha value is 2.98. The van der Waals surface area contributed by atoms with Gasteiger partial charge in [0.15, 0.2) is 0 Å². The van der Waals surface area contributed by atoms with E-state index in [9.17, 15) is 0 Å². The van der Waals surface area contributed by atoms with Gasteiger partial charge in [0.25, 0.3) is 0 Å². The smallest absolute Gasteiger partial charge is 2.00 e. The van der Waals surface area contributed by atoms with Crippen molar-refractivity contribution in [3.05, 3.63) is 0 Å². The second-order valence-corrected chi connectivity index (χ2v) is 22.1. The number of hydrogen-bond donors (Lipinski definition) is 0. The fraction of sp³-hybridized carbons (Fsp3) is 0.667. The van der Waals surface area contributed by atoms with Gasteiger partial charge in [-0.2, -0.15) is 0 Å². The molecule has 0 aromatic rings. The van der Waals surface area contributed by atoms with Crippen molar-refractivity contribution in [3.8, 4) is 0 Å². The van der Waals surface area contributed by atoms with Crippen LogP contribution in [0, 0.1) is 0 Å². The molecule has 0 bridgehead atoms. The molecule has 0 heterocycles. The molecule has 0 rings (SSSR count). The van der Waals surface area contributed by atoms with Crippen molar-refractivity contribution in [2.45, 2.75) is 41.5 Å². The number of hydrogen-bond acceptors (Lipinski definition) is 18. The molecule has 21 heteroatoms. The van der Waals surface area contributed by atoms with Crippen molar-refractivity contribution in [1.82, 2.24) is 0 Å². The molecule has 0 aromatic carbocycles. The maximum Gasteiger partial charge on any atom is 2.00 e. The van der Waals surface area contributed by atoms with E-state index in [4.69, 9.17) is 33.9 Å². The first-order valence-electron chi connectivity index (χ1n) is 10.1. The van der Waals surface area contributed by atoms with E-state index in [-0.39, 0.29) is 54.1 Å². The van der Waals surface area contributed by atoms with Gasteiger partial charge in [-0.05, 0) is 27.7 Å². The van der Waals surface area contributed by atoms with Crippen LogP contribution in [0.5, 0.6) is 0 Å². The summed E-state index contributed by atoms with van der Waals surface area (Å²) in [6, 6.07) is 0. The minimum Gasteiger partial charge on any atom is 2.00 e. The molecule has 0 N–H and O–H groups in total. The Kier molecular flexibility index (Phi) is 74.8. The summed E-state index contributed by atoms with van der Waals surface area (Å²) in [6.07, 6.45) is 0. The van der Waals surface area contributed by atoms with Crippen LogP contribution in [0.2, 0.25) is 0 Å². The molecule has 6 nitrogen and oxygen atoms in total. The first kappa shape index (κ1) is 57.6. The van der Waals surface area contributed by atoms with Crippen LogP contribution in [0.3, 0.4) is 0 Å². The van der Waals surface area contributed by atoms with E-state index in [1.807, 2.05) is 41.5 Å². The van der Waals surface area contributed by atoms with Gasteiger partial charge < -0.3 is 118 Å².